The van der Waals surface area contributed by atoms with Gasteiger partial charge in [-0.2, -0.15) is 17.4 Å². The molecule has 0 saturated heterocycles. The SMILES string of the molecule is CC(C)Nc1ccc2c(c1)CN(S(=O)(=O)N[C@H]1[C@H](C)[C@@H]1c1ccccc1)C2.O=C(O)O. The van der Waals surface area contributed by atoms with Crippen molar-refractivity contribution in [3.63, 3.8) is 0 Å². The van der Waals surface area contributed by atoms with E-state index in [-0.39, 0.29) is 12.0 Å². The van der Waals surface area contributed by atoms with E-state index in [1.54, 1.807) is 4.31 Å². The highest BCUT2D eigenvalue weighted by molar-refractivity contribution is 7.87. The maximum Gasteiger partial charge on any atom is 0.503 e. The Labute approximate surface area is 183 Å². The highest BCUT2D eigenvalue weighted by atomic mass is 32.2. The van der Waals surface area contributed by atoms with Crippen LogP contribution < -0.4 is 10.0 Å². The van der Waals surface area contributed by atoms with Gasteiger partial charge in [0, 0.05) is 36.8 Å². The quantitative estimate of drug-likeness (QED) is 0.536. The van der Waals surface area contributed by atoms with E-state index < -0.39 is 16.4 Å². The smallest absolute Gasteiger partial charge is 0.450 e. The molecular weight excluding hydrogens is 418 g/mol. The topological polar surface area (TPSA) is 119 Å². The van der Waals surface area contributed by atoms with E-state index >= 15 is 0 Å². The van der Waals surface area contributed by atoms with Gasteiger partial charge in [-0.1, -0.05) is 43.3 Å². The molecule has 0 aromatic heterocycles. The number of hydrogen-bond acceptors (Lipinski definition) is 4. The van der Waals surface area contributed by atoms with E-state index in [0.717, 1.165) is 16.8 Å². The standard InChI is InChI=1S/C21H27N3O2S.CH2O3/c1-14(2)22-19-10-9-17-12-24(13-18(17)11-19)27(25,26)23-21-15(3)20(21)16-7-5-4-6-8-16;2-1(3)4/h4-11,14-15,20-23H,12-13H2,1-3H3;(H2,2,3,4)/t15-,20-,21+;/m1./s1. The molecule has 3 atom stereocenters. The summed E-state index contributed by atoms with van der Waals surface area (Å²) in [5.41, 5.74) is 4.40. The van der Waals surface area contributed by atoms with E-state index in [1.165, 1.54) is 5.56 Å². The van der Waals surface area contributed by atoms with Gasteiger partial charge in [0.1, 0.15) is 0 Å². The molecule has 4 rings (SSSR count). The van der Waals surface area contributed by atoms with Crippen LogP contribution >= 0.6 is 0 Å². The molecule has 9 heteroatoms. The Morgan fingerprint density at radius 2 is 1.68 bits per heavy atom. The number of carbonyl (C=O) groups is 1. The Balaban J connectivity index is 0.000000628. The zero-order valence-corrected chi connectivity index (χ0v) is 18.6. The molecule has 0 radical (unpaired) electrons. The molecule has 2 aromatic rings. The Bertz CT molecular complexity index is 1020. The number of nitrogens with one attached hydrogen (secondary N) is 2. The monoisotopic (exact) mass is 447 g/mol. The van der Waals surface area contributed by atoms with E-state index in [0.29, 0.717) is 25.0 Å². The van der Waals surface area contributed by atoms with Gasteiger partial charge in [0.2, 0.25) is 0 Å². The van der Waals surface area contributed by atoms with Crippen molar-refractivity contribution in [3.05, 3.63) is 65.2 Å². The molecule has 0 amide bonds. The predicted molar refractivity (Wildman–Crippen MR) is 119 cm³/mol. The number of fused-ring (bicyclic) bond motifs is 1. The van der Waals surface area contributed by atoms with Crippen molar-refractivity contribution in [2.45, 2.75) is 51.9 Å². The number of anilines is 1. The van der Waals surface area contributed by atoms with Gasteiger partial charge in [-0.05, 0) is 48.6 Å². The molecule has 2 aromatic carbocycles. The Kier molecular flexibility index (Phi) is 6.88. The van der Waals surface area contributed by atoms with Crippen molar-refractivity contribution in [3.8, 4) is 0 Å². The van der Waals surface area contributed by atoms with Crippen molar-refractivity contribution in [1.82, 2.24) is 9.03 Å². The van der Waals surface area contributed by atoms with E-state index in [4.69, 9.17) is 15.0 Å². The van der Waals surface area contributed by atoms with E-state index in [9.17, 15) is 8.42 Å². The molecule has 0 unspecified atom stereocenters. The summed E-state index contributed by atoms with van der Waals surface area (Å²) < 4.78 is 30.4. The first-order valence-corrected chi connectivity index (χ1v) is 11.6. The molecule has 1 aliphatic carbocycles. The molecule has 0 bridgehead atoms. The summed E-state index contributed by atoms with van der Waals surface area (Å²) in [4.78, 5) is 8.56. The lowest BCUT2D eigenvalue weighted by molar-refractivity contribution is 0.137. The zero-order valence-electron chi connectivity index (χ0n) is 17.8. The Morgan fingerprint density at radius 3 is 2.29 bits per heavy atom. The van der Waals surface area contributed by atoms with Crippen molar-refractivity contribution < 1.29 is 23.4 Å². The predicted octanol–water partition coefficient (Wildman–Crippen LogP) is 3.68. The second-order valence-electron chi connectivity index (χ2n) is 8.28. The molecule has 31 heavy (non-hydrogen) atoms. The van der Waals surface area contributed by atoms with Crippen LogP contribution in [0.25, 0.3) is 0 Å². The van der Waals surface area contributed by atoms with Crippen LogP contribution in [0.3, 0.4) is 0 Å². The van der Waals surface area contributed by atoms with Gasteiger partial charge in [0.05, 0.1) is 0 Å². The van der Waals surface area contributed by atoms with Gasteiger partial charge in [-0.15, -0.1) is 0 Å². The molecule has 0 spiro atoms. The minimum Gasteiger partial charge on any atom is -0.450 e. The molecule has 1 saturated carbocycles. The first-order chi connectivity index (χ1) is 14.6. The van der Waals surface area contributed by atoms with Crippen LogP contribution in [0.5, 0.6) is 0 Å². The van der Waals surface area contributed by atoms with Crippen LogP contribution in [0.4, 0.5) is 10.5 Å². The van der Waals surface area contributed by atoms with Crippen LogP contribution in [-0.4, -0.2) is 41.2 Å². The normalized spacial score (nSPS) is 22.4. The fourth-order valence-electron chi connectivity index (χ4n) is 4.03. The highest BCUT2D eigenvalue weighted by Crippen LogP contribution is 2.47. The number of rotatable bonds is 6. The Hall–Kier alpha value is -2.62. The van der Waals surface area contributed by atoms with Crippen molar-refractivity contribution in [1.29, 1.82) is 0 Å². The summed E-state index contributed by atoms with van der Waals surface area (Å²) in [6, 6.07) is 16.6. The van der Waals surface area contributed by atoms with Crippen LogP contribution in [-0.2, 0) is 23.3 Å². The average Bonchev–Trinajstić information content (AvgIpc) is 3.10. The Morgan fingerprint density at radius 1 is 1.06 bits per heavy atom. The molecule has 8 nitrogen and oxygen atoms in total. The van der Waals surface area contributed by atoms with Gasteiger partial charge >= 0.3 is 6.16 Å². The maximum atomic E-state index is 12.9. The maximum absolute atomic E-state index is 12.9. The van der Waals surface area contributed by atoms with Crippen LogP contribution in [0.2, 0.25) is 0 Å². The van der Waals surface area contributed by atoms with Gasteiger partial charge in [-0.3, -0.25) is 0 Å². The summed E-state index contributed by atoms with van der Waals surface area (Å²) in [6.45, 7) is 7.15. The third-order valence-corrected chi connectivity index (χ3v) is 7.05. The van der Waals surface area contributed by atoms with Crippen molar-refractivity contribution in [2.24, 2.45) is 5.92 Å². The number of hydrogen-bond donors (Lipinski definition) is 4. The van der Waals surface area contributed by atoms with Crippen molar-refractivity contribution >= 4 is 22.1 Å². The molecule has 168 valence electrons. The summed E-state index contributed by atoms with van der Waals surface area (Å²) in [5, 5.41) is 17.3. The summed E-state index contributed by atoms with van der Waals surface area (Å²) in [5.74, 6) is 0.571. The second kappa shape index (κ2) is 9.25. The average molecular weight is 448 g/mol. The first-order valence-electron chi connectivity index (χ1n) is 10.2. The minimum absolute atomic E-state index is 0.0284. The third kappa shape index (κ3) is 5.75. The highest BCUT2D eigenvalue weighted by Gasteiger charge is 2.50. The third-order valence-electron chi connectivity index (χ3n) is 5.54. The van der Waals surface area contributed by atoms with Crippen LogP contribution in [0, 0.1) is 5.92 Å². The number of nitrogens with zero attached hydrogens (tertiary/aromatic N) is 1. The fraction of sp³-hybridized carbons (Fsp3) is 0.409. The van der Waals surface area contributed by atoms with Gasteiger partial charge in [-0.25, -0.2) is 4.79 Å². The fourth-order valence-corrected chi connectivity index (χ4v) is 5.50. The molecule has 2 aliphatic rings. The molecule has 1 heterocycles. The van der Waals surface area contributed by atoms with Gasteiger partial charge < -0.3 is 15.5 Å². The van der Waals surface area contributed by atoms with E-state index in [1.807, 2.05) is 30.3 Å². The number of carboxylic acid groups (broad SMARTS) is 2. The van der Waals surface area contributed by atoms with Crippen molar-refractivity contribution in [2.75, 3.05) is 5.32 Å². The first kappa shape index (κ1) is 23.1. The van der Waals surface area contributed by atoms with Crippen LogP contribution in [0.1, 0.15) is 43.4 Å². The lowest BCUT2D eigenvalue weighted by Gasteiger charge is -2.16. The number of benzene rings is 2. The largest absolute Gasteiger partial charge is 0.503 e. The summed E-state index contributed by atoms with van der Waals surface area (Å²) >= 11 is 0. The molecular formula is C22H29N3O5S. The van der Waals surface area contributed by atoms with E-state index in [2.05, 4.69) is 49.0 Å². The zero-order chi connectivity index (χ0) is 22.8. The molecule has 1 fully saturated rings. The minimum atomic E-state index is -3.51. The van der Waals surface area contributed by atoms with Gasteiger partial charge in [0.25, 0.3) is 10.2 Å². The summed E-state index contributed by atoms with van der Waals surface area (Å²) in [7, 11) is -3.51. The lowest BCUT2D eigenvalue weighted by Crippen LogP contribution is -2.39. The summed E-state index contributed by atoms with van der Waals surface area (Å²) in [6.07, 6.45) is -1.83. The second-order valence-corrected chi connectivity index (χ2v) is 9.98. The molecule has 4 N–H and O–H groups in total. The molecule has 1 aliphatic heterocycles. The lowest BCUT2D eigenvalue weighted by atomic mass is 10.1. The van der Waals surface area contributed by atoms with Crippen LogP contribution in [0.15, 0.2) is 48.5 Å². The van der Waals surface area contributed by atoms with Gasteiger partial charge in [0.15, 0.2) is 0 Å².